The smallest absolute Gasteiger partial charge is 0.308 e. The van der Waals surface area contributed by atoms with E-state index in [9.17, 15) is 9.90 Å². The van der Waals surface area contributed by atoms with E-state index in [0.717, 1.165) is 18.7 Å². The molecule has 3 N–H and O–H groups in total. The maximum Gasteiger partial charge on any atom is 0.308 e. The highest BCUT2D eigenvalue weighted by Gasteiger charge is 2.37. The third-order valence-corrected chi connectivity index (χ3v) is 3.81. The number of aromatic nitrogens is 2. The first kappa shape index (κ1) is 15.5. The van der Waals surface area contributed by atoms with Gasteiger partial charge in [0.1, 0.15) is 18.0 Å². The highest BCUT2D eigenvalue weighted by atomic mass is 16.4. The van der Waals surface area contributed by atoms with Gasteiger partial charge in [0, 0.05) is 25.7 Å². The van der Waals surface area contributed by atoms with Crippen LogP contribution in [-0.4, -0.2) is 52.4 Å². The van der Waals surface area contributed by atoms with Crippen LogP contribution in [0, 0.1) is 11.8 Å². The first-order valence-electron chi connectivity index (χ1n) is 7.30. The first-order chi connectivity index (χ1) is 10.2. The van der Waals surface area contributed by atoms with Crippen LogP contribution in [0.3, 0.4) is 0 Å². The van der Waals surface area contributed by atoms with Crippen molar-refractivity contribution in [2.45, 2.75) is 19.8 Å². The zero-order valence-corrected chi connectivity index (χ0v) is 12.2. The quantitative estimate of drug-likeness (QED) is 0.684. The van der Waals surface area contributed by atoms with Gasteiger partial charge in [-0.15, -0.1) is 0 Å². The van der Waals surface area contributed by atoms with Gasteiger partial charge in [0.25, 0.3) is 0 Å². The van der Waals surface area contributed by atoms with Crippen LogP contribution in [0.5, 0.6) is 0 Å². The highest BCUT2D eigenvalue weighted by Crippen LogP contribution is 2.30. The molecule has 0 aromatic carbocycles. The van der Waals surface area contributed by atoms with Crippen molar-refractivity contribution < 1.29 is 15.0 Å². The summed E-state index contributed by atoms with van der Waals surface area (Å²) in [5, 5.41) is 21.1. The van der Waals surface area contributed by atoms with Crippen LogP contribution in [0.1, 0.15) is 19.8 Å². The van der Waals surface area contributed by atoms with Crippen molar-refractivity contribution in [2.24, 2.45) is 11.8 Å². The summed E-state index contributed by atoms with van der Waals surface area (Å²) in [5.41, 5.74) is 0. The minimum Gasteiger partial charge on any atom is -0.481 e. The summed E-state index contributed by atoms with van der Waals surface area (Å²) >= 11 is 0. The molecule has 0 aliphatic carbocycles. The maximum atomic E-state index is 11.4. The Balaban J connectivity index is 2.09. The van der Waals surface area contributed by atoms with E-state index >= 15 is 0 Å². The molecule has 1 aliphatic heterocycles. The van der Waals surface area contributed by atoms with E-state index in [1.54, 1.807) is 6.07 Å². The molecule has 116 valence electrons. The lowest BCUT2D eigenvalue weighted by Crippen LogP contribution is -2.24. The Hall–Kier alpha value is -1.89. The van der Waals surface area contributed by atoms with Gasteiger partial charge in [-0.25, -0.2) is 9.97 Å². The van der Waals surface area contributed by atoms with Gasteiger partial charge in [0.2, 0.25) is 0 Å². The van der Waals surface area contributed by atoms with E-state index in [1.165, 1.54) is 6.33 Å². The number of hydrogen-bond acceptors (Lipinski definition) is 6. The molecule has 1 aromatic heterocycles. The molecule has 1 aromatic rings. The molecule has 2 atom stereocenters. The molecular formula is C14H22N4O3. The highest BCUT2D eigenvalue weighted by molar-refractivity contribution is 5.72. The Kier molecular flexibility index (Phi) is 5.32. The number of carbonyl (C=O) groups is 1. The van der Waals surface area contributed by atoms with Crippen molar-refractivity contribution in [1.29, 1.82) is 0 Å². The number of anilines is 2. The van der Waals surface area contributed by atoms with Gasteiger partial charge in [-0.2, -0.15) is 0 Å². The lowest BCUT2D eigenvalue weighted by Gasteiger charge is -2.17. The molecule has 0 saturated carbocycles. The summed E-state index contributed by atoms with van der Waals surface area (Å²) in [4.78, 5) is 21.7. The fraction of sp³-hybridized carbons (Fsp3) is 0.643. The summed E-state index contributed by atoms with van der Waals surface area (Å²) in [7, 11) is 0. The molecule has 2 rings (SSSR count). The van der Waals surface area contributed by atoms with E-state index in [-0.39, 0.29) is 18.4 Å². The monoisotopic (exact) mass is 294 g/mol. The summed E-state index contributed by atoms with van der Waals surface area (Å²) in [6.45, 7) is 3.72. The van der Waals surface area contributed by atoms with Crippen LogP contribution in [0.2, 0.25) is 0 Å². The number of nitrogens with zero attached hydrogens (tertiary/aromatic N) is 3. The molecule has 1 saturated heterocycles. The number of aliphatic hydroxyl groups excluding tert-OH is 1. The molecule has 7 heteroatoms. The average molecular weight is 294 g/mol. The second-order valence-electron chi connectivity index (χ2n) is 5.31. The van der Waals surface area contributed by atoms with Crippen LogP contribution in [-0.2, 0) is 4.79 Å². The Labute approximate surface area is 124 Å². The lowest BCUT2D eigenvalue weighted by molar-refractivity contribution is -0.142. The summed E-state index contributed by atoms with van der Waals surface area (Å²) in [5.74, 6) is 0.462. The number of aliphatic carboxylic acids is 1. The van der Waals surface area contributed by atoms with Gasteiger partial charge < -0.3 is 20.4 Å². The second kappa shape index (κ2) is 7.21. The fourth-order valence-corrected chi connectivity index (χ4v) is 2.80. The molecule has 0 bridgehead atoms. The van der Waals surface area contributed by atoms with Gasteiger partial charge >= 0.3 is 5.97 Å². The van der Waals surface area contributed by atoms with Gasteiger partial charge in [-0.1, -0.05) is 13.3 Å². The van der Waals surface area contributed by atoms with E-state index in [4.69, 9.17) is 5.11 Å². The number of nitrogens with one attached hydrogen (secondary N) is 1. The molecule has 0 radical (unpaired) electrons. The molecule has 0 amide bonds. The minimum atomic E-state index is -0.733. The Morgan fingerprint density at radius 1 is 1.48 bits per heavy atom. The molecule has 2 heterocycles. The SMILES string of the molecule is CCC[C@@H]1CN(c2cc(NCCO)ncn2)C[C@H]1C(=O)O. The summed E-state index contributed by atoms with van der Waals surface area (Å²) < 4.78 is 0. The van der Waals surface area contributed by atoms with Crippen molar-refractivity contribution in [3.63, 3.8) is 0 Å². The summed E-state index contributed by atoms with van der Waals surface area (Å²) in [6, 6.07) is 1.79. The van der Waals surface area contributed by atoms with E-state index in [1.807, 2.05) is 4.90 Å². The molecular weight excluding hydrogens is 272 g/mol. The average Bonchev–Trinajstić information content (AvgIpc) is 2.90. The maximum absolute atomic E-state index is 11.4. The molecule has 0 unspecified atom stereocenters. The molecule has 1 aliphatic rings. The van der Waals surface area contributed by atoms with Crippen molar-refractivity contribution in [3.8, 4) is 0 Å². The van der Waals surface area contributed by atoms with Crippen LogP contribution >= 0.6 is 0 Å². The standard InChI is InChI=1S/C14H22N4O3/c1-2-3-10-7-18(8-11(10)14(20)21)13-6-12(15-4-5-19)16-9-17-13/h6,9-11,19H,2-5,7-8H2,1H3,(H,20,21)(H,15,16,17)/t10-,11-/m1/s1. The number of aliphatic hydroxyl groups is 1. The largest absolute Gasteiger partial charge is 0.481 e. The van der Waals surface area contributed by atoms with Crippen molar-refractivity contribution in [1.82, 2.24) is 9.97 Å². The second-order valence-corrected chi connectivity index (χ2v) is 5.31. The lowest BCUT2D eigenvalue weighted by atomic mass is 9.92. The summed E-state index contributed by atoms with van der Waals surface area (Å²) in [6.07, 6.45) is 3.35. The number of carboxylic acid groups (broad SMARTS) is 1. The van der Waals surface area contributed by atoms with E-state index in [0.29, 0.717) is 25.5 Å². The van der Waals surface area contributed by atoms with Crippen molar-refractivity contribution >= 4 is 17.6 Å². The Morgan fingerprint density at radius 2 is 2.29 bits per heavy atom. The van der Waals surface area contributed by atoms with Crippen LogP contribution in [0.15, 0.2) is 12.4 Å². The van der Waals surface area contributed by atoms with E-state index < -0.39 is 5.97 Å². The van der Waals surface area contributed by atoms with Gasteiger partial charge in [-0.05, 0) is 12.3 Å². The Bertz CT molecular complexity index is 483. The van der Waals surface area contributed by atoms with Gasteiger partial charge in [-0.3, -0.25) is 4.79 Å². The van der Waals surface area contributed by atoms with Crippen molar-refractivity contribution in [3.05, 3.63) is 12.4 Å². The Morgan fingerprint density at radius 3 is 2.95 bits per heavy atom. The number of rotatable bonds is 7. The molecule has 1 fully saturated rings. The van der Waals surface area contributed by atoms with Crippen LogP contribution in [0.4, 0.5) is 11.6 Å². The van der Waals surface area contributed by atoms with Crippen molar-refractivity contribution in [2.75, 3.05) is 36.5 Å². The van der Waals surface area contributed by atoms with Gasteiger partial charge in [0.05, 0.1) is 12.5 Å². The first-order valence-corrected chi connectivity index (χ1v) is 7.30. The fourth-order valence-electron chi connectivity index (χ4n) is 2.80. The van der Waals surface area contributed by atoms with Gasteiger partial charge in [0.15, 0.2) is 0 Å². The number of hydrogen-bond donors (Lipinski definition) is 3. The molecule has 21 heavy (non-hydrogen) atoms. The van der Waals surface area contributed by atoms with Crippen LogP contribution < -0.4 is 10.2 Å². The zero-order valence-electron chi connectivity index (χ0n) is 12.2. The molecule has 7 nitrogen and oxygen atoms in total. The zero-order chi connectivity index (χ0) is 15.2. The number of carboxylic acids is 1. The third-order valence-electron chi connectivity index (χ3n) is 3.81. The third kappa shape index (κ3) is 3.81. The predicted molar refractivity (Wildman–Crippen MR) is 79.3 cm³/mol. The normalized spacial score (nSPS) is 21.5. The minimum absolute atomic E-state index is 0.0305. The van der Waals surface area contributed by atoms with E-state index in [2.05, 4.69) is 22.2 Å². The van der Waals surface area contributed by atoms with Crippen LogP contribution in [0.25, 0.3) is 0 Å². The topological polar surface area (TPSA) is 98.6 Å². The molecule has 0 spiro atoms. The predicted octanol–water partition coefficient (Wildman–Crippen LogP) is 0.818.